The van der Waals surface area contributed by atoms with E-state index >= 15 is 0 Å². The van der Waals surface area contributed by atoms with E-state index in [9.17, 15) is 19.5 Å². The van der Waals surface area contributed by atoms with Gasteiger partial charge in [-0.15, -0.1) is 0 Å². The predicted molar refractivity (Wildman–Crippen MR) is 82.2 cm³/mol. The number of carboxylic acid groups (broad SMARTS) is 2. The molecule has 0 aliphatic carbocycles. The average molecular weight is 327 g/mol. The van der Waals surface area contributed by atoms with Crippen molar-refractivity contribution in [2.24, 2.45) is 0 Å². The normalized spacial score (nSPS) is 13.3. The maximum Gasteiger partial charge on any atom is 0.328 e. The van der Waals surface area contributed by atoms with E-state index in [1.165, 1.54) is 6.08 Å². The van der Waals surface area contributed by atoms with Crippen LogP contribution in [0, 0.1) is 0 Å². The molecule has 23 heavy (non-hydrogen) atoms. The van der Waals surface area contributed by atoms with Crippen molar-refractivity contribution in [3.63, 3.8) is 0 Å². The van der Waals surface area contributed by atoms with Crippen LogP contribution >= 0.6 is 0 Å². The Hall–Kier alpha value is -2.15. The molecule has 0 radical (unpaired) electrons. The van der Waals surface area contributed by atoms with Gasteiger partial charge in [0.25, 0.3) is 0 Å². The topological polar surface area (TPSA) is 104 Å². The first-order valence-corrected chi connectivity index (χ1v) is 7.36. The SMILES string of the molecule is C[N+](C)(C)CC(CC(=O)[O-])OC(=O)CCC/C=C/C=C/C(=O)O. The summed E-state index contributed by atoms with van der Waals surface area (Å²) < 4.78 is 5.68. The number of carbonyl (C=O) groups excluding carboxylic acids is 2. The molecule has 0 spiro atoms. The number of aliphatic carboxylic acids is 2. The van der Waals surface area contributed by atoms with Crippen molar-refractivity contribution >= 4 is 17.9 Å². The fourth-order valence-corrected chi connectivity index (χ4v) is 1.86. The lowest BCUT2D eigenvalue weighted by atomic mass is 10.2. The Bertz CT molecular complexity index is 462. The molecule has 7 nitrogen and oxygen atoms in total. The largest absolute Gasteiger partial charge is 0.550 e. The fraction of sp³-hybridized carbons (Fsp3) is 0.562. The summed E-state index contributed by atoms with van der Waals surface area (Å²) >= 11 is 0. The van der Waals surface area contributed by atoms with Crippen LogP contribution in [0.4, 0.5) is 0 Å². The Labute approximate surface area is 136 Å². The quantitative estimate of drug-likeness (QED) is 0.190. The van der Waals surface area contributed by atoms with Crippen LogP contribution in [0.3, 0.4) is 0 Å². The van der Waals surface area contributed by atoms with Crippen molar-refractivity contribution in [2.75, 3.05) is 27.7 Å². The molecule has 1 N–H and O–H groups in total. The van der Waals surface area contributed by atoms with Gasteiger partial charge < -0.3 is 24.2 Å². The summed E-state index contributed by atoms with van der Waals surface area (Å²) in [5.74, 6) is -2.71. The van der Waals surface area contributed by atoms with Gasteiger partial charge in [-0.2, -0.15) is 0 Å². The second kappa shape index (κ2) is 10.6. The number of hydrogen-bond acceptors (Lipinski definition) is 5. The van der Waals surface area contributed by atoms with Gasteiger partial charge in [0.05, 0.1) is 21.1 Å². The highest BCUT2D eigenvalue weighted by Gasteiger charge is 2.22. The minimum atomic E-state index is -1.25. The van der Waals surface area contributed by atoms with Gasteiger partial charge in [0.15, 0.2) is 6.10 Å². The number of rotatable bonds is 11. The Morgan fingerprint density at radius 1 is 1.22 bits per heavy atom. The first-order valence-electron chi connectivity index (χ1n) is 7.36. The van der Waals surface area contributed by atoms with Gasteiger partial charge >= 0.3 is 11.9 Å². The van der Waals surface area contributed by atoms with Gasteiger partial charge in [0, 0.05) is 24.9 Å². The van der Waals surface area contributed by atoms with Gasteiger partial charge in [0.1, 0.15) is 6.54 Å². The molecule has 0 aromatic heterocycles. The predicted octanol–water partition coefficient (Wildman–Crippen LogP) is 0.112. The number of ether oxygens (including phenoxy) is 1. The minimum Gasteiger partial charge on any atom is -0.550 e. The van der Waals surface area contributed by atoms with Crippen molar-refractivity contribution in [1.29, 1.82) is 0 Å². The molecule has 0 fully saturated rings. The monoisotopic (exact) mass is 327 g/mol. The zero-order valence-electron chi connectivity index (χ0n) is 13.9. The zero-order chi connectivity index (χ0) is 17.9. The second-order valence-electron chi connectivity index (χ2n) is 6.18. The first kappa shape index (κ1) is 20.9. The van der Waals surface area contributed by atoms with Crippen LogP contribution in [0.1, 0.15) is 25.7 Å². The molecule has 0 bridgehead atoms. The zero-order valence-corrected chi connectivity index (χ0v) is 13.9. The van der Waals surface area contributed by atoms with Crippen LogP contribution in [0.5, 0.6) is 0 Å². The number of hydrogen-bond donors (Lipinski definition) is 1. The number of unbranched alkanes of at least 4 members (excludes halogenated alkanes) is 1. The van der Waals surface area contributed by atoms with Crippen molar-refractivity contribution in [1.82, 2.24) is 0 Å². The summed E-state index contributed by atoms with van der Waals surface area (Å²) in [7, 11) is 5.64. The Morgan fingerprint density at radius 2 is 1.87 bits per heavy atom. The molecule has 0 saturated heterocycles. The van der Waals surface area contributed by atoms with E-state index in [4.69, 9.17) is 9.84 Å². The molecule has 7 heteroatoms. The highest BCUT2D eigenvalue weighted by Crippen LogP contribution is 2.08. The third-order valence-corrected chi connectivity index (χ3v) is 2.68. The lowest BCUT2D eigenvalue weighted by Crippen LogP contribution is -2.45. The molecule has 0 rings (SSSR count). The summed E-state index contributed by atoms with van der Waals surface area (Å²) in [4.78, 5) is 32.7. The summed E-state index contributed by atoms with van der Waals surface area (Å²) in [5.41, 5.74) is 0. The molecular formula is C16H25NO6. The van der Waals surface area contributed by atoms with Crippen LogP contribution in [-0.2, 0) is 19.1 Å². The van der Waals surface area contributed by atoms with Crippen molar-refractivity contribution in [2.45, 2.75) is 31.8 Å². The average Bonchev–Trinajstić information content (AvgIpc) is 2.34. The van der Waals surface area contributed by atoms with Gasteiger partial charge in [0.2, 0.25) is 0 Å². The van der Waals surface area contributed by atoms with Crippen molar-refractivity contribution in [3.8, 4) is 0 Å². The van der Waals surface area contributed by atoms with E-state index in [1.54, 1.807) is 12.2 Å². The van der Waals surface area contributed by atoms with Crippen molar-refractivity contribution < 1.29 is 33.8 Å². The van der Waals surface area contributed by atoms with E-state index in [1.807, 2.05) is 21.1 Å². The number of nitrogens with zero attached hydrogens (tertiary/aromatic N) is 1. The molecular weight excluding hydrogens is 302 g/mol. The Kier molecular flexibility index (Phi) is 9.57. The number of allylic oxidation sites excluding steroid dienone is 3. The number of likely N-dealkylation sites (N-methyl/N-ethyl adjacent to an activating group) is 1. The van der Waals surface area contributed by atoms with Gasteiger partial charge in [-0.3, -0.25) is 4.79 Å². The number of carbonyl (C=O) groups is 3. The molecule has 0 heterocycles. The highest BCUT2D eigenvalue weighted by atomic mass is 16.5. The summed E-state index contributed by atoms with van der Waals surface area (Å²) in [6.45, 7) is 0.388. The lowest BCUT2D eigenvalue weighted by molar-refractivity contribution is -0.873. The maximum absolute atomic E-state index is 11.7. The molecule has 0 amide bonds. The van der Waals surface area contributed by atoms with E-state index in [-0.39, 0.29) is 12.8 Å². The van der Waals surface area contributed by atoms with Crippen LogP contribution in [0.25, 0.3) is 0 Å². The minimum absolute atomic E-state index is 0.174. The lowest BCUT2D eigenvalue weighted by Gasteiger charge is -2.29. The van der Waals surface area contributed by atoms with Crippen molar-refractivity contribution in [3.05, 3.63) is 24.3 Å². The summed E-state index contributed by atoms with van der Waals surface area (Å²) in [6, 6.07) is 0. The second-order valence-corrected chi connectivity index (χ2v) is 6.18. The maximum atomic E-state index is 11.7. The Balaban J connectivity index is 4.17. The van der Waals surface area contributed by atoms with Crippen LogP contribution in [0.2, 0.25) is 0 Å². The smallest absolute Gasteiger partial charge is 0.328 e. The summed E-state index contributed by atoms with van der Waals surface area (Å²) in [5, 5.41) is 19.1. The fourth-order valence-electron chi connectivity index (χ4n) is 1.86. The standard InChI is InChI=1S/C16H25NO6/c1-17(2,3)12-13(11-15(20)21)23-16(22)10-8-6-4-5-7-9-14(18)19/h4-5,7,9,13H,6,8,10-12H2,1-3H3,(H-,18,19,20,21)/b5-4+,9-7+. The molecule has 0 aliphatic rings. The molecule has 0 aliphatic heterocycles. The van der Waals surface area contributed by atoms with Crippen LogP contribution in [0.15, 0.2) is 24.3 Å². The number of quaternary nitrogens is 1. The molecule has 1 atom stereocenters. The first-order chi connectivity index (χ1) is 10.6. The number of carboxylic acids is 2. The van der Waals surface area contributed by atoms with Gasteiger partial charge in [-0.25, -0.2) is 4.79 Å². The molecule has 0 saturated carbocycles. The third-order valence-electron chi connectivity index (χ3n) is 2.68. The van der Waals surface area contributed by atoms with E-state index in [0.717, 1.165) is 6.08 Å². The van der Waals surface area contributed by atoms with E-state index in [0.29, 0.717) is 23.9 Å². The summed E-state index contributed by atoms with van der Waals surface area (Å²) in [6.07, 6.45) is 6.04. The highest BCUT2D eigenvalue weighted by molar-refractivity contribution is 5.80. The van der Waals surface area contributed by atoms with E-state index < -0.39 is 24.0 Å². The molecule has 1 unspecified atom stereocenters. The van der Waals surface area contributed by atoms with Crippen LogP contribution < -0.4 is 5.11 Å². The van der Waals surface area contributed by atoms with Crippen LogP contribution in [-0.4, -0.2) is 61.3 Å². The Morgan fingerprint density at radius 3 is 2.39 bits per heavy atom. The molecule has 0 aromatic rings. The molecule has 130 valence electrons. The molecule has 0 aromatic carbocycles. The van der Waals surface area contributed by atoms with Gasteiger partial charge in [-0.1, -0.05) is 18.2 Å². The van der Waals surface area contributed by atoms with Gasteiger partial charge in [-0.05, 0) is 12.8 Å². The van der Waals surface area contributed by atoms with E-state index in [2.05, 4.69) is 0 Å². The number of esters is 1. The third kappa shape index (κ3) is 14.5.